The second-order valence-electron chi connectivity index (χ2n) is 5.92. The fraction of sp³-hybridized carbons (Fsp3) is 0.278. The number of benzene rings is 2. The summed E-state index contributed by atoms with van der Waals surface area (Å²) in [6.45, 7) is 4.13. The Kier molecular flexibility index (Phi) is 4.55. The van der Waals surface area contributed by atoms with Gasteiger partial charge in [0.1, 0.15) is 5.82 Å². The summed E-state index contributed by atoms with van der Waals surface area (Å²) in [5.41, 5.74) is 3.93. The fourth-order valence-electron chi connectivity index (χ4n) is 2.93. The van der Waals surface area contributed by atoms with Crippen molar-refractivity contribution in [3.63, 3.8) is 0 Å². The second-order valence-corrected chi connectivity index (χ2v) is 6.74. The first-order valence-electron chi connectivity index (χ1n) is 7.60. The lowest BCUT2D eigenvalue weighted by Crippen LogP contribution is -2.44. The lowest BCUT2D eigenvalue weighted by molar-refractivity contribution is 0.604. The molecule has 0 amide bonds. The van der Waals surface area contributed by atoms with Crippen molar-refractivity contribution < 1.29 is 4.39 Å². The van der Waals surface area contributed by atoms with E-state index in [9.17, 15) is 4.39 Å². The normalized spacial score (nSPS) is 16.9. The zero-order valence-electron chi connectivity index (χ0n) is 13.1. The highest BCUT2D eigenvalue weighted by molar-refractivity contribution is 7.80. The number of rotatable bonds is 1. The maximum atomic E-state index is 13.5. The van der Waals surface area contributed by atoms with E-state index < -0.39 is 0 Å². The molecule has 1 heterocycles. The Morgan fingerprint density at radius 3 is 2.87 bits per heavy atom. The summed E-state index contributed by atoms with van der Waals surface area (Å²) >= 11 is 11.7. The van der Waals surface area contributed by atoms with Crippen molar-refractivity contribution in [1.82, 2.24) is 0 Å². The molecule has 1 N–H and O–H groups in total. The number of hydrogen-bond donors (Lipinski definition) is 1. The highest BCUT2D eigenvalue weighted by Crippen LogP contribution is 2.32. The fourth-order valence-corrected chi connectivity index (χ4v) is 3.49. The van der Waals surface area contributed by atoms with Gasteiger partial charge in [0.25, 0.3) is 0 Å². The molecule has 0 saturated carbocycles. The van der Waals surface area contributed by atoms with E-state index in [4.69, 9.17) is 23.8 Å². The molecule has 0 radical (unpaired) electrons. The smallest absolute Gasteiger partial charge is 0.178 e. The minimum atomic E-state index is -0.206. The molecule has 5 heteroatoms. The van der Waals surface area contributed by atoms with Crippen molar-refractivity contribution >= 4 is 40.3 Å². The molecule has 3 rings (SSSR count). The van der Waals surface area contributed by atoms with Crippen molar-refractivity contribution in [3.05, 3.63) is 58.4 Å². The average molecular weight is 349 g/mol. The Bertz CT molecular complexity index is 763. The van der Waals surface area contributed by atoms with Gasteiger partial charge in [0.2, 0.25) is 0 Å². The molecule has 0 saturated heterocycles. The molecule has 23 heavy (non-hydrogen) atoms. The molecule has 2 nitrogen and oxygen atoms in total. The van der Waals surface area contributed by atoms with E-state index in [1.54, 1.807) is 12.1 Å². The lowest BCUT2D eigenvalue weighted by atomic mass is 9.97. The van der Waals surface area contributed by atoms with Gasteiger partial charge in [0.05, 0.1) is 0 Å². The van der Waals surface area contributed by atoms with Crippen LogP contribution in [0, 0.1) is 12.7 Å². The number of fused-ring (bicyclic) bond motifs is 1. The van der Waals surface area contributed by atoms with Crippen LogP contribution >= 0.6 is 23.8 Å². The first kappa shape index (κ1) is 16.2. The van der Waals surface area contributed by atoms with Gasteiger partial charge in [-0.05, 0) is 80.4 Å². The number of halogens is 2. The molecule has 1 unspecified atom stereocenters. The number of nitrogens with zero attached hydrogens (tertiary/aromatic N) is 1. The van der Waals surface area contributed by atoms with Crippen LogP contribution in [0.2, 0.25) is 5.02 Å². The molecule has 2 aromatic rings. The summed E-state index contributed by atoms with van der Waals surface area (Å²) in [7, 11) is 0. The third-order valence-electron chi connectivity index (χ3n) is 4.23. The predicted molar refractivity (Wildman–Crippen MR) is 99.1 cm³/mol. The first-order valence-corrected chi connectivity index (χ1v) is 8.39. The lowest BCUT2D eigenvalue weighted by Gasteiger charge is -2.37. The van der Waals surface area contributed by atoms with Crippen LogP contribution in [0.4, 0.5) is 15.8 Å². The van der Waals surface area contributed by atoms with Crippen LogP contribution in [0.15, 0.2) is 36.4 Å². The van der Waals surface area contributed by atoms with Crippen LogP contribution in [0.5, 0.6) is 0 Å². The van der Waals surface area contributed by atoms with E-state index in [-0.39, 0.29) is 11.9 Å². The standard InChI is InChI=1S/C18H18ClFN2S/c1-11-3-6-14(19)10-16(11)21-18(23)22-12(2)4-5-13-9-15(20)7-8-17(13)22/h3,6-10,12H,4-5H2,1-2H3,(H,21,23). The van der Waals surface area contributed by atoms with Gasteiger partial charge in [-0.3, -0.25) is 0 Å². The maximum absolute atomic E-state index is 13.5. The number of hydrogen-bond acceptors (Lipinski definition) is 1. The number of nitrogens with one attached hydrogen (secondary N) is 1. The average Bonchev–Trinajstić information content (AvgIpc) is 2.51. The van der Waals surface area contributed by atoms with Crippen LogP contribution in [0.3, 0.4) is 0 Å². The van der Waals surface area contributed by atoms with Crippen molar-refractivity contribution in [1.29, 1.82) is 0 Å². The predicted octanol–water partition coefficient (Wildman–Crippen LogP) is 5.33. The van der Waals surface area contributed by atoms with E-state index in [0.717, 1.165) is 35.3 Å². The number of anilines is 2. The summed E-state index contributed by atoms with van der Waals surface area (Å²) < 4.78 is 13.5. The Morgan fingerprint density at radius 1 is 1.30 bits per heavy atom. The van der Waals surface area contributed by atoms with E-state index in [2.05, 4.69) is 17.1 Å². The number of aryl methyl sites for hydroxylation is 2. The van der Waals surface area contributed by atoms with Crippen LogP contribution in [-0.4, -0.2) is 11.2 Å². The minimum absolute atomic E-state index is 0.206. The van der Waals surface area contributed by atoms with Crippen LogP contribution in [-0.2, 0) is 6.42 Å². The van der Waals surface area contributed by atoms with Gasteiger partial charge in [0, 0.05) is 22.4 Å². The first-order chi connectivity index (χ1) is 11.0. The molecule has 1 aliphatic rings. The molecule has 1 atom stereocenters. The third-order valence-corrected chi connectivity index (χ3v) is 4.77. The molecule has 0 bridgehead atoms. The Balaban J connectivity index is 1.91. The molecule has 0 spiro atoms. The molecule has 120 valence electrons. The van der Waals surface area contributed by atoms with Crippen molar-refractivity contribution in [2.75, 3.05) is 10.2 Å². The molecule has 0 aliphatic carbocycles. The van der Waals surface area contributed by atoms with Gasteiger partial charge < -0.3 is 10.2 Å². The second kappa shape index (κ2) is 6.46. The SMILES string of the molecule is Cc1ccc(Cl)cc1NC(=S)N1c2ccc(F)cc2CCC1C. The summed E-state index contributed by atoms with van der Waals surface area (Å²) in [6, 6.07) is 10.8. The topological polar surface area (TPSA) is 15.3 Å². The highest BCUT2D eigenvalue weighted by Gasteiger charge is 2.26. The quantitative estimate of drug-likeness (QED) is 0.701. The van der Waals surface area contributed by atoms with E-state index >= 15 is 0 Å². The van der Waals surface area contributed by atoms with Gasteiger partial charge in [-0.1, -0.05) is 17.7 Å². The Labute approximate surface area is 146 Å². The molecular formula is C18H18ClFN2S. The summed E-state index contributed by atoms with van der Waals surface area (Å²) in [4.78, 5) is 2.06. The van der Waals surface area contributed by atoms with E-state index in [1.165, 1.54) is 6.07 Å². The van der Waals surface area contributed by atoms with E-state index in [1.807, 2.05) is 25.1 Å². The monoisotopic (exact) mass is 348 g/mol. The molecule has 2 aromatic carbocycles. The Morgan fingerprint density at radius 2 is 2.09 bits per heavy atom. The van der Waals surface area contributed by atoms with E-state index in [0.29, 0.717) is 10.1 Å². The zero-order chi connectivity index (χ0) is 16.6. The molecule has 0 aromatic heterocycles. The summed E-state index contributed by atoms with van der Waals surface area (Å²) in [6.07, 6.45) is 1.80. The van der Waals surface area contributed by atoms with Crippen molar-refractivity contribution in [2.45, 2.75) is 32.7 Å². The van der Waals surface area contributed by atoms with Crippen LogP contribution in [0.25, 0.3) is 0 Å². The Hall–Kier alpha value is -1.65. The van der Waals surface area contributed by atoms with Crippen molar-refractivity contribution in [3.8, 4) is 0 Å². The van der Waals surface area contributed by atoms with Gasteiger partial charge in [-0.25, -0.2) is 4.39 Å². The largest absolute Gasteiger partial charge is 0.332 e. The van der Waals surface area contributed by atoms with Gasteiger partial charge in [0.15, 0.2) is 5.11 Å². The van der Waals surface area contributed by atoms with Crippen LogP contribution < -0.4 is 10.2 Å². The zero-order valence-corrected chi connectivity index (χ0v) is 14.6. The van der Waals surface area contributed by atoms with Gasteiger partial charge in [-0.2, -0.15) is 0 Å². The third kappa shape index (κ3) is 3.33. The van der Waals surface area contributed by atoms with Crippen molar-refractivity contribution in [2.24, 2.45) is 0 Å². The molecule has 0 fully saturated rings. The maximum Gasteiger partial charge on any atom is 0.178 e. The minimum Gasteiger partial charge on any atom is -0.332 e. The summed E-state index contributed by atoms with van der Waals surface area (Å²) in [5.74, 6) is -0.206. The molecule has 1 aliphatic heterocycles. The van der Waals surface area contributed by atoms with Gasteiger partial charge >= 0.3 is 0 Å². The highest BCUT2D eigenvalue weighted by atomic mass is 35.5. The van der Waals surface area contributed by atoms with Crippen LogP contribution in [0.1, 0.15) is 24.5 Å². The van der Waals surface area contributed by atoms with Gasteiger partial charge in [-0.15, -0.1) is 0 Å². The summed E-state index contributed by atoms with van der Waals surface area (Å²) in [5, 5.41) is 4.55. The molecular weight excluding hydrogens is 331 g/mol. The number of thiocarbonyl (C=S) groups is 1.